The summed E-state index contributed by atoms with van der Waals surface area (Å²) >= 11 is 0. The fraction of sp³-hybridized carbons (Fsp3) is 0. The van der Waals surface area contributed by atoms with E-state index < -0.39 is 0 Å². The van der Waals surface area contributed by atoms with Crippen LogP contribution in [0.1, 0.15) is 5.56 Å². The highest BCUT2D eigenvalue weighted by Gasteiger charge is 2.03. The predicted octanol–water partition coefficient (Wildman–Crippen LogP) is 3.54. The quantitative estimate of drug-likeness (QED) is 0.431. The van der Waals surface area contributed by atoms with Crippen LogP contribution in [0, 0.1) is 11.3 Å². The van der Waals surface area contributed by atoms with E-state index in [2.05, 4.69) is 6.58 Å². The van der Waals surface area contributed by atoms with Crippen LogP contribution in [0.5, 0.6) is 0 Å². The minimum absolute atomic E-state index is 0.0558. The van der Waals surface area contributed by atoms with E-state index in [0.717, 1.165) is 16.3 Å². The SMILES string of the molecule is C=C(C(=C=[N-])C#N)c1ccc2ccccc2c1. The van der Waals surface area contributed by atoms with E-state index in [-0.39, 0.29) is 5.57 Å². The molecule has 0 aliphatic rings. The number of hydrogen-bond donors (Lipinski definition) is 0. The summed E-state index contributed by atoms with van der Waals surface area (Å²) in [6.07, 6.45) is 0. The van der Waals surface area contributed by atoms with Crippen molar-refractivity contribution in [1.82, 2.24) is 0 Å². The molecule has 0 amide bonds. The zero-order valence-electron chi connectivity index (χ0n) is 9.14. The van der Waals surface area contributed by atoms with Crippen molar-refractivity contribution in [2.24, 2.45) is 0 Å². The number of nitrogens with zero attached hydrogens (tertiary/aromatic N) is 2. The Kier molecular flexibility index (Phi) is 2.87. The van der Waals surface area contributed by atoms with Crippen molar-refractivity contribution < 1.29 is 0 Å². The van der Waals surface area contributed by atoms with Crippen LogP contribution in [-0.4, -0.2) is 5.87 Å². The van der Waals surface area contributed by atoms with Gasteiger partial charge in [0.1, 0.15) is 6.07 Å². The fourth-order valence-electron chi connectivity index (χ4n) is 1.68. The molecule has 0 aliphatic carbocycles. The monoisotopic (exact) mass is 217 g/mol. The molecule has 0 bridgehead atoms. The van der Waals surface area contributed by atoms with Gasteiger partial charge < -0.3 is 5.41 Å². The van der Waals surface area contributed by atoms with Gasteiger partial charge in [0.25, 0.3) is 0 Å². The molecule has 0 radical (unpaired) electrons. The van der Waals surface area contributed by atoms with Crippen LogP contribution in [0.25, 0.3) is 21.8 Å². The molecule has 0 spiro atoms. The van der Waals surface area contributed by atoms with Gasteiger partial charge in [-0.3, -0.25) is 0 Å². The lowest BCUT2D eigenvalue weighted by Gasteiger charge is -2.05. The molecule has 2 rings (SSSR count). The Morgan fingerprint density at radius 1 is 1.12 bits per heavy atom. The van der Waals surface area contributed by atoms with Crippen LogP contribution in [0.3, 0.4) is 0 Å². The highest BCUT2D eigenvalue weighted by molar-refractivity contribution is 5.95. The molecular formula is C15H9N2-. The molecule has 2 nitrogen and oxygen atoms in total. The van der Waals surface area contributed by atoms with Crippen molar-refractivity contribution in [2.45, 2.75) is 0 Å². The van der Waals surface area contributed by atoms with E-state index in [1.54, 1.807) is 0 Å². The van der Waals surface area contributed by atoms with Crippen molar-refractivity contribution in [3.8, 4) is 6.07 Å². The predicted molar refractivity (Wildman–Crippen MR) is 70.5 cm³/mol. The maximum atomic E-state index is 8.80. The van der Waals surface area contributed by atoms with Gasteiger partial charge in [0.15, 0.2) is 0 Å². The average Bonchev–Trinajstić information content (AvgIpc) is 2.39. The number of hydrogen-bond acceptors (Lipinski definition) is 1. The number of allylic oxidation sites excluding steroid dienone is 2. The molecule has 17 heavy (non-hydrogen) atoms. The van der Waals surface area contributed by atoms with Crippen LogP contribution in [0.15, 0.2) is 54.6 Å². The first-order valence-electron chi connectivity index (χ1n) is 5.12. The van der Waals surface area contributed by atoms with E-state index in [9.17, 15) is 0 Å². The second kappa shape index (κ2) is 4.49. The van der Waals surface area contributed by atoms with E-state index in [0.29, 0.717) is 5.57 Å². The van der Waals surface area contributed by atoms with Crippen LogP contribution in [0.2, 0.25) is 0 Å². The van der Waals surface area contributed by atoms with Gasteiger partial charge in [-0.1, -0.05) is 43.0 Å². The van der Waals surface area contributed by atoms with Gasteiger partial charge >= 0.3 is 0 Å². The molecule has 0 N–H and O–H groups in total. The Morgan fingerprint density at radius 2 is 1.82 bits per heavy atom. The summed E-state index contributed by atoms with van der Waals surface area (Å²) in [5.74, 6) is 1.85. The second-order valence-corrected chi connectivity index (χ2v) is 3.64. The minimum atomic E-state index is 0.0558. The number of nitriles is 1. The summed E-state index contributed by atoms with van der Waals surface area (Å²) in [4.78, 5) is 0. The number of benzene rings is 2. The molecule has 2 aromatic rings. The number of rotatable bonds is 2. The summed E-state index contributed by atoms with van der Waals surface area (Å²) in [7, 11) is 0. The first-order chi connectivity index (χ1) is 8.26. The summed E-state index contributed by atoms with van der Waals surface area (Å²) < 4.78 is 0. The highest BCUT2D eigenvalue weighted by atomic mass is 14.3. The normalized spacial score (nSPS) is 9.35. The lowest BCUT2D eigenvalue weighted by molar-refractivity contribution is 1.51. The van der Waals surface area contributed by atoms with Gasteiger partial charge in [0.05, 0.1) is 5.57 Å². The molecule has 2 aromatic carbocycles. The fourth-order valence-corrected chi connectivity index (χ4v) is 1.68. The van der Waals surface area contributed by atoms with E-state index >= 15 is 0 Å². The second-order valence-electron chi connectivity index (χ2n) is 3.64. The van der Waals surface area contributed by atoms with Crippen LogP contribution in [-0.2, 0) is 0 Å². The first-order valence-corrected chi connectivity index (χ1v) is 5.12. The molecule has 2 heteroatoms. The lowest BCUT2D eigenvalue weighted by atomic mass is 9.98. The third-order valence-electron chi connectivity index (χ3n) is 2.62. The maximum Gasteiger partial charge on any atom is 0.106 e. The third-order valence-corrected chi connectivity index (χ3v) is 2.62. The van der Waals surface area contributed by atoms with Crippen LogP contribution < -0.4 is 0 Å². The van der Waals surface area contributed by atoms with Gasteiger partial charge in [-0.25, -0.2) is 5.87 Å². The molecule has 0 aliphatic heterocycles. The Bertz CT molecular complexity index is 683. The zero-order chi connectivity index (χ0) is 12.3. The largest absolute Gasteiger partial charge is 0.762 e. The van der Waals surface area contributed by atoms with Crippen molar-refractivity contribution in [3.63, 3.8) is 0 Å². The average molecular weight is 217 g/mol. The van der Waals surface area contributed by atoms with Gasteiger partial charge in [0, 0.05) is 0 Å². The van der Waals surface area contributed by atoms with Gasteiger partial charge in [-0.2, -0.15) is 5.26 Å². The molecule has 0 saturated carbocycles. The van der Waals surface area contributed by atoms with E-state index in [1.807, 2.05) is 54.4 Å². The molecule has 0 heterocycles. The molecular weight excluding hydrogens is 208 g/mol. The molecule has 0 saturated heterocycles. The summed E-state index contributed by atoms with van der Waals surface area (Å²) in [5.41, 5.74) is 1.34. The Balaban J connectivity index is 2.55. The third kappa shape index (κ3) is 2.01. The van der Waals surface area contributed by atoms with Crippen LogP contribution >= 0.6 is 0 Å². The summed E-state index contributed by atoms with van der Waals surface area (Å²) in [6, 6.07) is 15.6. The van der Waals surface area contributed by atoms with Crippen molar-refractivity contribution in [3.05, 3.63) is 65.6 Å². The molecule has 80 valence electrons. The standard InChI is InChI=1S/C15H9N2/c1-11(15(9-16)10-17)13-7-6-12-4-2-3-5-14(12)8-13/h2-8H,1H2/q-1. The highest BCUT2D eigenvalue weighted by Crippen LogP contribution is 2.23. The van der Waals surface area contributed by atoms with E-state index in [1.165, 1.54) is 0 Å². The Morgan fingerprint density at radius 3 is 2.47 bits per heavy atom. The van der Waals surface area contributed by atoms with Crippen molar-refractivity contribution >= 4 is 22.2 Å². The summed E-state index contributed by atoms with van der Waals surface area (Å²) in [6.45, 7) is 3.79. The molecule has 0 unspecified atom stereocenters. The number of fused-ring (bicyclic) bond motifs is 1. The molecule has 0 atom stereocenters. The topological polar surface area (TPSA) is 46.1 Å². The van der Waals surface area contributed by atoms with Crippen molar-refractivity contribution in [2.75, 3.05) is 0 Å². The van der Waals surface area contributed by atoms with Gasteiger partial charge in [-0.15, -0.1) is 0 Å². The Hall–Kier alpha value is -2.62. The van der Waals surface area contributed by atoms with Crippen molar-refractivity contribution in [1.29, 1.82) is 5.26 Å². The lowest BCUT2D eigenvalue weighted by Crippen LogP contribution is -1.87. The first kappa shape index (κ1) is 10.9. The zero-order valence-corrected chi connectivity index (χ0v) is 9.14. The maximum absolute atomic E-state index is 8.80. The molecule has 0 aromatic heterocycles. The van der Waals surface area contributed by atoms with Crippen LogP contribution in [0.4, 0.5) is 0 Å². The Labute approximate surface area is 99.6 Å². The smallest absolute Gasteiger partial charge is 0.106 e. The minimum Gasteiger partial charge on any atom is -0.762 e. The molecule has 0 fully saturated rings. The van der Waals surface area contributed by atoms with Gasteiger partial charge in [0.2, 0.25) is 0 Å². The van der Waals surface area contributed by atoms with Gasteiger partial charge in [-0.05, 0) is 28.0 Å². The van der Waals surface area contributed by atoms with E-state index in [4.69, 9.17) is 10.7 Å². The summed E-state index contributed by atoms with van der Waals surface area (Å²) in [5, 5.41) is 19.8.